The Bertz CT molecular complexity index is 1330. The highest BCUT2D eigenvalue weighted by Crippen LogP contribution is 2.29. The van der Waals surface area contributed by atoms with Crippen LogP contribution in [-0.2, 0) is 20.9 Å². The van der Waals surface area contributed by atoms with Gasteiger partial charge in [0.15, 0.2) is 0 Å². The highest BCUT2D eigenvalue weighted by Gasteiger charge is 2.46. The lowest BCUT2D eigenvalue weighted by Gasteiger charge is -2.21. The first-order valence-electron chi connectivity index (χ1n) is 11.5. The molecule has 1 heterocycles. The van der Waals surface area contributed by atoms with Crippen molar-refractivity contribution in [3.05, 3.63) is 95.6 Å². The van der Waals surface area contributed by atoms with Crippen LogP contribution in [0.25, 0.3) is 0 Å². The van der Waals surface area contributed by atoms with Crippen LogP contribution in [0.4, 0.5) is 25.0 Å². The van der Waals surface area contributed by atoms with Gasteiger partial charge in [-0.1, -0.05) is 18.2 Å². The zero-order chi connectivity index (χ0) is 26.5. The van der Waals surface area contributed by atoms with E-state index < -0.39 is 41.5 Å². The fourth-order valence-corrected chi connectivity index (χ4v) is 3.95. The summed E-state index contributed by atoms with van der Waals surface area (Å²) in [5.41, 5.74) is 1.27. The maximum Gasteiger partial charge on any atom is 0.338 e. The van der Waals surface area contributed by atoms with Gasteiger partial charge in [-0.2, -0.15) is 0 Å². The molecule has 8 nitrogen and oxygen atoms in total. The molecule has 1 saturated heterocycles. The van der Waals surface area contributed by atoms with E-state index in [4.69, 9.17) is 4.74 Å². The molecular weight excluding hydrogens is 484 g/mol. The summed E-state index contributed by atoms with van der Waals surface area (Å²) in [6.45, 7) is 1.82. The molecule has 1 aliphatic heterocycles. The normalized spacial score (nSPS) is 15.2. The molecule has 3 aromatic rings. The average Bonchev–Trinajstić information content (AvgIpc) is 3.10. The Morgan fingerprint density at radius 2 is 1.59 bits per heavy atom. The fraction of sp³-hybridized carbons (Fsp3) is 0.185. The number of carbonyl (C=O) groups excluding carboxylic acids is 4. The first kappa shape index (κ1) is 25.5. The SMILES string of the molecule is CCOC(=O)c1cccc(NC(=O)C[C@H]2C(=O)N(c3ccc(F)cc3)C(=O)N2Cc2ccc(F)cc2)c1. The molecule has 190 valence electrons. The van der Waals surface area contributed by atoms with Crippen LogP contribution >= 0.6 is 0 Å². The van der Waals surface area contributed by atoms with Crippen LogP contribution in [0, 0.1) is 11.6 Å². The van der Waals surface area contributed by atoms with Crippen LogP contribution < -0.4 is 10.2 Å². The van der Waals surface area contributed by atoms with Gasteiger partial charge in [0.05, 0.1) is 24.3 Å². The summed E-state index contributed by atoms with van der Waals surface area (Å²) >= 11 is 0. The van der Waals surface area contributed by atoms with Crippen LogP contribution in [0.3, 0.4) is 0 Å². The third kappa shape index (κ3) is 5.80. The van der Waals surface area contributed by atoms with Crippen molar-refractivity contribution in [1.29, 1.82) is 0 Å². The summed E-state index contributed by atoms with van der Waals surface area (Å²) < 4.78 is 31.8. The van der Waals surface area contributed by atoms with Crippen molar-refractivity contribution in [2.75, 3.05) is 16.8 Å². The van der Waals surface area contributed by atoms with Gasteiger partial charge in [-0.05, 0) is 67.1 Å². The fourth-order valence-electron chi connectivity index (χ4n) is 3.95. The molecular formula is C27H23F2N3O5. The molecule has 3 aromatic carbocycles. The van der Waals surface area contributed by atoms with Gasteiger partial charge in [0, 0.05) is 12.2 Å². The molecule has 0 saturated carbocycles. The van der Waals surface area contributed by atoms with E-state index in [-0.39, 0.29) is 30.8 Å². The van der Waals surface area contributed by atoms with E-state index in [1.165, 1.54) is 53.4 Å². The van der Waals surface area contributed by atoms with Crippen molar-refractivity contribution < 1.29 is 32.7 Å². The average molecular weight is 507 g/mol. The molecule has 4 rings (SSSR count). The summed E-state index contributed by atoms with van der Waals surface area (Å²) in [6, 6.07) is 14.5. The summed E-state index contributed by atoms with van der Waals surface area (Å²) in [7, 11) is 0. The van der Waals surface area contributed by atoms with E-state index in [0.29, 0.717) is 11.3 Å². The minimum absolute atomic E-state index is 0.0567. The largest absolute Gasteiger partial charge is 0.462 e. The second-order valence-electron chi connectivity index (χ2n) is 8.26. The number of carbonyl (C=O) groups is 4. The molecule has 1 aliphatic rings. The smallest absolute Gasteiger partial charge is 0.338 e. The first-order valence-corrected chi connectivity index (χ1v) is 11.5. The Kier molecular flexibility index (Phi) is 7.57. The quantitative estimate of drug-likeness (QED) is 0.358. The molecule has 10 heteroatoms. The summed E-state index contributed by atoms with van der Waals surface area (Å²) in [6.07, 6.45) is -0.382. The summed E-state index contributed by atoms with van der Waals surface area (Å²) in [5, 5.41) is 2.64. The number of amides is 4. The molecule has 0 aromatic heterocycles. The van der Waals surface area contributed by atoms with Crippen molar-refractivity contribution in [3.8, 4) is 0 Å². The number of imide groups is 1. The molecule has 1 fully saturated rings. The number of esters is 1. The maximum absolute atomic E-state index is 13.4. The number of anilines is 2. The van der Waals surface area contributed by atoms with E-state index in [1.807, 2.05) is 0 Å². The van der Waals surface area contributed by atoms with Gasteiger partial charge in [0.25, 0.3) is 5.91 Å². The second kappa shape index (κ2) is 11.0. The minimum Gasteiger partial charge on any atom is -0.462 e. The number of hydrogen-bond acceptors (Lipinski definition) is 5. The Morgan fingerprint density at radius 3 is 2.24 bits per heavy atom. The minimum atomic E-state index is -1.17. The predicted octanol–water partition coefficient (Wildman–Crippen LogP) is 4.51. The Hall–Kier alpha value is -4.60. The van der Waals surface area contributed by atoms with Crippen molar-refractivity contribution in [3.63, 3.8) is 0 Å². The second-order valence-corrected chi connectivity index (χ2v) is 8.26. The molecule has 1 N–H and O–H groups in total. The van der Waals surface area contributed by atoms with Crippen LogP contribution in [0.5, 0.6) is 0 Å². The zero-order valence-electron chi connectivity index (χ0n) is 19.8. The van der Waals surface area contributed by atoms with Gasteiger partial charge < -0.3 is 15.0 Å². The number of benzene rings is 3. The van der Waals surface area contributed by atoms with E-state index in [2.05, 4.69) is 5.32 Å². The highest BCUT2D eigenvalue weighted by atomic mass is 19.1. The molecule has 1 atom stereocenters. The van der Waals surface area contributed by atoms with Crippen molar-refractivity contribution in [2.45, 2.75) is 25.9 Å². The third-order valence-electron chi connectivity index (χ3n) is 5.71. The number of halogens is 2. The molecule has 0 bridgehead atoms. The van der Waals surface area contributed by atoms with E-state index in [0.717, 1.165) is 17.0 Å². The van der Waals surface area contributed by atoms with E-state index >= 15 is 0 Å². The molecule has 0 radical (unpaired) electrons. The lowest BCUT2D eigenvalue weighted by atomic mass is 10.1. The van der Waals surface area contributed by atoms with E-state index in [1.54, 1.807) is 19.1 Å². The van der Waals surface area contributed by atoms with Crippen LogP contribution in [-0.4, -0.2) is 41.4 Å². The van der Waals surface area contributed by atoms with Crippen molar-refractivity contribution in [1.82, 2.24) is 4.90 Å². The van der Waals surface area contributed by atoms with Gasteiger partial charge in [-0.3, -0.25) is 9.59 Å². The lowest BCUT2D eigenvalue weighted by molar-refractivity contribution is -0.124. The number of ether oxygens (including phenoxy) is 1. The lowest BCUT2D eigenvalue weighted by Crippen LogP contribution is -2.37. The summed E-state index contributed by atoms with van der Waals surface area (Å²) in [4.78, 5) is 53.6. The first-order chi connectivity index (χ1) is 17.8. The van der Waals surface area contributed by atoms with Crippen molar-refractivity contribution >= 4 is 35.2 Å². The molecule has 37 heavy (non-hydrogen) atoms. The Balaban J connectivity index is 1.57. The number of nitrogens with one attached hydrogen (secondary N) is 1. The van der Waals surface area contributed by atoms with Gasteiger partial charge in [-0.15, -0.1) is 0 Å². The number of nitrogens with zero attached hydrogens (tertiary/aromatic N) is 2. The Morgan fingerprint density at radius 1 is 0.946 bits per heavy atom. The number of rotatable bonds is 8. The molecule has 0 unspecified atom stereocenters. The van der Waals surface area contributed by atoms with Gasteiger partial charge in [0.2, 0.25) is 5.91 Å². The Labute approximate surface area is 211 Å². The maximum atomic E-state index is 13.4. The van der Waals surface area contributed by atoms with Gasteiger partial charge in [-0.25, -0.2) is 23.3 Å². The van der Waals surface area contributed by atoms with Crippen LogP contribution in [0.1, 0.15) is 29.3 Å². The standard InChI is InChI=1S/C27H23F2N3O5/c1-2-37-26(35)18-4-3-5-21(14-18)30-24(33)15-23-25(34)32(22-12-10-20(29)11-13-22)27(36)31(23)16-17-6-8-19(28)9-7-17/h3-14,23H,2,15-16H2,1H3,(H,30,33)/t23-/m0/s1. The third-order valence-corrected chi connectivity index (χ3v) is 5.71. The monoisotopic (exact) mass is 507 g/mol. The number of urea groups is 1. The van der Waals surface area contributed by atoms with Crippen molar-refractivity contribution in [2.24, 2.45) is 0 Å². The molecule has 0 aliphatic carbocycles. The molecule has 4 amide bonds. The molecule has 0 spiro atoms. The van der Waals surface area contributed by atoms with Crippen LogP contribution in [0.15, 0.2) is 72.8 Å². The van der Waals surface area contributed by atoms with E-state index in [9.17, 15) is 28.0 Å². The van der Waals surface area contributed by atoms with Crippen LogP contribution in [0.2, 0.25) is 0 Å². The predicted molar refractivity (Wildman–Crippen MR) is 131 cm³/mol. The zero-order valence-corrected chi connectivity index (χ0v) is 19.8. The highest BCUT2D eigenvalue weighted by molar-refractivity contribution is 6.22. The summed E-state index contributed by atoms with van der Waals surface area (Å²) in [5.74, 6) is -2.77. The topological polar surface area (TPSA) is 96.0 Å². The van der Waals surface area contributed by atoms with Gasteiger partial charge >= 0.3 is 12.0 Å². The number of hydrogen-bond donors (Lipinski definition) is 1. The van der Waals surface area contributed by atoms with Gasteiger partial charge in [0.1, 0.15) is 17.7 Å².